The Morgan fingerprint density at radius 3 is 1.46 bits per heavy atom. The van der Waals surface area contributed by atoms with E-state index in [4.69, 9.17) is 29.7 Å². The number of aliphatic carboxylic acids is 2. The molecule has 54 heavy (non-hydrogen) atoms. The molecular weight excluding hydrogens is 747 g/mol. The zero-order valence-corrected chi connectivity index (χ0v) is 31.2. The maximum atomic E-state index is 10.7. The van der Waals surface area contributed by atoms with E-state index in [0.717, 1.165) is 43.6 Å². The number of ether oxygens (including phenoxy) is 2. The van der Waals surface area contributed by atoms with Gasteiger partial charge >= 0.3 is 19.1 Å². The fourth-order valence-corrected chi connectivity index (χ4v) is 5.56. The van der Waals surface area contributed by atoms with Crippen molar-refractivity contribution in [3.05, 3.63) is 184 Å². The summed E-state index contributed by atoms with van der Waals surface area (Å²) in [6.45, 7) is 0.995. The molecular formula is C44H42BBrO8. The van der Waals surface area contributed by atoms with Crippen molar-refractivity contribution in [3.63, 3.8) is 0 Å². The van der Waals surface area contributed by atoms with E-state index in [9.17, 15) is 9.59 Å². The predicted octanol–water partition coefficient (Wildman–Crippen LogP) is 8.36. The molecule has 10 heteroatoms. The Morgan fingerprint density at radius 1 is 0.500 bits per heavy atom. The average Bonchev–Trinajstić information content (AvgIpc) is 3.19. The van der Waals surface area contributed by atoms with Gasteiger partial charge in [0, 0.05) is 17.3 Å². The van der Waals surface area contributed by atoms with Crippen molar-refractivity contribution in [2.75, 3.05) is 0 Å². The van der Waals surface area contributed by atoms with E-state index < -0.39 is 19.1 Å². The SMILES string of the molecule is O=C(O)CCc1cccc(-c2cccc(OCc3ccccc3)c2)c1.O=C(O)CCc1cccc(Br)c1.OB(O)c1cccc(OCc2ccccc2)c1. The van der Waals surface area contributed by atoms with Gasteiger partial charge in [-0.1, -0.05) is 137 Å². The second-order valence-electron chi connectivity index (χ2n) is 12.1. The van der Waals surface area contributed by atoms with Crippen molar-refractivity contribution in [1.82, 2.24) is 0 Å². The Kier molecular flexibility index (Phi) is 17.0. The van der Waals surface area contributed by atoms with E-state index in [1.54, 1.807) is 24.3 Å². The molecule has 0 aliphatic rings. The van der Waals surface area contributed by atoms with Crippen LogP contribution in [0.2, 0.25) is 0 Å². The number of carboxylic acid groups (broad SMARTS) is 2. The van der Waals surface area contributed by atoms with Gasteiger partial charge in [0.1, 0.15) is 24.7 Å². The first-order valence-electron chi connectivity index (χ1n) is 17.3. The number of aryl methyl sites for hydroxylation is 2. The molecule has 0 saturated carbocycles. The van der Waals surface area contributed by atoms with Gasteiger partial charge < -0.3 is 29.7 Å². The molecule has 0 heterocycles. The third kappa shape index (κ3) is 15.5. The fourth-order valence-electron chi connectivity index (χ4n) is 5.11. The summed E-state index contributed by atoms with van der Waals surface area (Å²) < 4.78 is 12.4. The normalized spacial score (nSPS) is 10.1. The Bertz CT molecular complexity index is 2040. The highest BCUT2D eigenvalue weighted by Gasteiger charge is 2.11. The molecule has 6 rings (SSSR count). The van der Waals surface area contributed by atoms with E-state index in [0.29, 0.717) is 37.3 Å². The molecule has 8 nitrogen and oxygen atoms in total. The van der Waals surface area contributed by atoms with Gasteiger partial charge in [0.2, 0.25) is 0 Å². The van der Waals surface area contributed by atoms with Crippen molar-refractivity contribution >= 4 is 40.4 Å². The lowest BCUT2D eigenvalue weighted by Crippen LogP contribution is -2.29. The summed E-state index contributed by atoms with van der Waals surface area (Å²) >= 11 is 3.32. The first-order chi connectivity index (χ1) is 26.1. The van der Waals surface area contributed by atoms with Crippen LogP contribution < -0.4 is 14.9 Å². The van der Waals surface area contributed by atoms with Crippen molar-refractivity contribution in [3.8, 4) is 22.6 Å². The molecule has 0 aromatic heterocycles. The molecule has 0 unspecified atom stereocenters. The Hall–Kier alpha value is -5.68. The number of carbonyl (C=O) groups is 2. The second kappa shape index (κ2) is 22.4. The Labute approximate surface area is 324 Å². The first-order valence-corrected chi connectivity index (χ1v) is 18.1. The predicted molar refractivity (Wildman–Crippen MR) is 216 cm³/mol. The van der Waals surface area contributed by atoms with Crippen LogP contribution in [-0.4, -0.2) is 39.3 Å². The highest BCUT2D eigenvalue weighted by atomic mass is 79.9. The first kappa shape index (κ1) is 41.1. The molecule has 0 fully saturated rings. The van der Waals surface area contributed by atoms with Crippen LogP contribution in [0.3, 0.4) is 0 Å². The third-order valence-corrected chi connectivity index (χ3v) is 8.38. The van der Waals surface area contributed by atoms with Crippen LogP contribution in [0, 0.1) is 0 Å². The lowest BCUT2D eigenvalue weighted by atomic mass is 9.80. The Balaban J connectivity index is 0.000000194. The van der Waals surface area contributed by atoms with E-state index in [1.807, 2.05) is 133 Å². The molecule has 0 aliphatic carbocycles. The van der Waals surface area contributed by atoms with E-state index >= 15 is 0 Å². The molecule has 0 radical (unpaired) electrons. The van der Waals surface area contributed by atoms with Gasteiger partial charge in [0.15, 0.2) is 0 Å². The minimum absolute atomic E-state index is 0.143. The van der Waals surface area contributed by atoms with Gasteiger partial charge in [-0.25, -0.2) is 0 Å². The summed E-state index contributed by atoms with van der Waals surface area (Å²) in [5, 5.41) is 35.3. The minimum atomic E-state index is -1.46. The van der Waals surface area contributed by atoms with Crippen LogP contribution in [0.1, 0.15) is 35.1 Å². The van der Waals surface area contributed by atoms with Crippen LogP contribution in [0.4, 0.5) is 0 Å². The van der Waals surface area contributed by atoms with Crippen molar-refractivity contribution < 1.29 is 39.3 Å². The highest BCUT2D eigenvalue weighted by molar-refractivity contribution is 9.10. The summed E-state index contributed by atoms with van der Waals surface area (Å²) in [5.41, 5.74) is 6.82. The number of halogens is 1. The number of carboxylic acids is 2. The molecule has 0 atom stereocenters. The Morgan fingerprint density at radius 2 is 0.944 bits per heavy atom. The molecule has 0 aliphatic heterocycles. The monoisotopic (exact) mass is 788 g/mol. The maximum Gasteiger partial charge on any atom is 0.488 e. The van der Waals surface area contributed by atoms with Crippen LogP contribution in [0.25, 0.3) is 11.1 Å². The minimum Gasteiger partial charge on any atom is -0.489 e. The molecule has 6 aromatic rings. The van der Waals surface area contributed by atoms with Crippen molar-refractivity contribution in [1.29, 1.82) is 0 Å². The van der Waals surface area contributed by atoms with Gasteiger partial charge in [-0.3, -0.25) is 9.59 Å². The largest absolute Gasteiger partial charge is 0.489 e. The molecule has 0 bridgehead atoms. The summed E-state index contributed by atoms with van der Waals surface area (Å²) in [7, 11) is -1.46. The van der Waals surface area contributed by atoms with Gasteiger partial charge in [0.25, 0.3) is 0 Å². The maximum absolute atomic E-state index is 10.7. The molecule has 0 amide bonds. The van der Waals surface area contributed by atoms with E-state index in [2.05, 4.69) is 15.9 Å². The van der Waals surface area contributed by atoms with E-state index in [1.165, 1.54) is 0 Å². The van der Waals surface area contributed by atoms with Crippen LogP contribution in [0.15, 0.2) is 162 Å². The smallest absolute Gasteiger partial charge is 0.488 e. The quantitative estimate of drug-likeness (QED) is 0.0810. The summed E-state index contributed by atoms with van der Waals surface area (Å²) in [6, 6.07) is 50.3. The van der Waals surface area contributed by atoms with Gasteiger partial charge in [0.05, 0.1) is 0 Å². The number of rotatable bonds is 14. The average molecular weight is 790 g/mol. The van der Waals surface area contributed by atoms with Crippen LogP contribution in [-0.2, 0) is 35.6 Å². The zero-order chi connectivity index (χ0) is 38.5. The number of benzene rings is 6. The topological polar surface area (TPSA) is 134 Å². The lowest BCUT2D eigenvalue weighted by Gasteiger charge is -2.09. The van der Waals surface area contributed by atoms with Gasteiger partial charge in [-0.2, -0.15) is 0 Å². The summed E-state index contributed by atoms with van der Waals surface area (Å²) in [6.07, 6.45) is 1.46. The molecule has 4 N–H and O–H groups in total. The van der Waals surface area contributed by atoms with Crippen LogP contribution in [0.5, 0.6) is 11.5 Å². The van der Waals surface area contributed by atoms with Crippen molar-refractivity contribution in [2.24, 2.45) is 0 Å². The van der Waals surface area contributed by atoms with E-state index in [-0.39, 0.29) is 12.8 Å². The molecule has 6 aromatic carbocycles. The lowest BCUT2D eigenvalue weighted by molar-refractivity contribution is -0.138. The third-order valence-electron chi connectivity index (χ3n) is 7.89. The van der Waals surface area contributed by atoms with Gasteiger partial charge in [-0.05, 0) is 88.1 Å². The van der Waals surface area contributed by atoms with Crippen LogP contribution >= 0.6 is 15.9 Å². The highest BCUT2D eigenvalue weighted by Crippen LogP contribution is 2.26. The molecule has 0 saturated heterocycles. The number of hydrogen-bond donors (Lipinski definition) is 4. The van der Waals surface area contributed by atoms with Gasteiger partial charge in [-0.15, -0.1) is 0 Å². The standard InChI is InChI=1S/C22H20O3.C13H13BO3.C9H9BrO2/c23-22(24)13-12-17-8-4-9-19(14-17)20-10-5-11-21(15-20)25-16-18-6-2-1-3-7-18;15-14(16)12-7-4-8-13(9-12)17-10-11-5-2-1-3-6-11;10-8-3-1-2-7(6-8)4-5-9(11)12/h1-11,14-15H,12-13,16H2,(H,23,24);1-9,15-16H,10H2;1-3,6H,4-5H2,(H,11,12). The summed E-state index contributed by atoms with van der Waals surface area (Å²) in [4.78, 5) is 21.0. The fraction of sp³-hybridized carbons (Fsp3) is 0.136. The summed E-state index contributed by atoms with van der Waals surface area (Å²) in [5.74, 6) is -0.0894. The number of hydrogen-bond acceptors (Lipinski definition) is 6. The van der Waals surface area contributed by atoms with Crippen molar-refractivity contribution in [2.45, 2.75) is 38.9 Å². The molecule has 0 spiro atoms. The molecule has 276 valence electrons. The second-order valence-corrected chi connectivity index (χ2v) is 13.1. The zero-order valence-electron chi connectivity index (χ0n) is 29.6.